The minimum Gasteiger partial charge on any atom is -0.311 e. The summed E-state index contributed by atoms with van der Waals surface area (Å²) >= 11 is -1.38. The summed E-state index contributed by atoms with van der Waals surface area (Å²) in [6, 6.07) is 139. The van der Waals surface area contributed by atoms with Crippen molar-refractivity contribution in [3.8, 4) is 33.8 Å². The number of hydrogen-bond donors (Lipinski definition) is 0. The Balaban J connectivity index is 0.885. The number of anilines is 15. The van der Waals surface area contributed by atoms with Crippen LogP contribution in [-0.4, -0.2) is 54.3 Å². The zero-order valence-corrected chi connectivity index (χ0v) is 62.0. The first kappa shape index (κ1) is 61.5. The summed E-state index contributed by atoms with van der Waals surface area (Å²) in [4.78, 5) is 12.8. The van der Waals surface area contributed by atoms with E-state index in [1.165, 1.54) is 74.1 Å². The molecule has 0 N–H and O–H groups in total. The molecule has 6 nitrogen and oxygen atoms in total. The molecular formula is C96H61B2N5OTe2. The van der Waals surface area contributed by atoms with Crippen LogP contribution in [0.15, 0.2) is 370 Å². The second-order valence-electron chi connectivity index (χ2n) is 27.8. The Hall–Kier alpha value is -12.0. The predicted octanol–water partition coefficient (Wildman–Crippen LogP) is 21.2. The van der Waals surface area contributed by atoms with Gasteiger partial charge in [-0.25, -0.2) is 0 Å². The summed E-state index contributed by atoms with van der Waals surface area (Å²) in [5, 5.41) is 5.34. The number of benzene rings is 16. The molecule has 18 aromatic rings. The number of fused-ring (bicyclic) bond motifs is 14. The monoisotopic (exact) mass is 1580 g/mol. The summed E-state index contributed by atoms with van der Waals surface area (Å²) in [5.41, 5.74) is 28.1. The fourth-order valence-corrected chi connectivity index (χ4v) is 24.1. The molecule has 0 saturated heterocycles. The van der Waals surface area contributed by atoms with Gasteiger partial charge in [0, 0.05) is 34.5 Å². The summed E-state index contributed by atoms with van der Waals surface area (Å²) in [6.07, 6.45) is 0. The Kier molecular flexibility index (Phi) is 14.4. The Morgan fingerprint density at radius 3 is 1.32 bits per heavy atom. The van der Waals surface area contributed by atoms with Crippen LogP contribution in [0.3, 0.4) is 0 Å². The molecule has 10 heteroatoms. The van der Waals surface area contributed by atoms with E-state index in [1.807, 2.05) is 0 Å². The van der Waals surface area contributed by atoms with Crippen molar-refractivity contribution in [1.82, 2.24) is 0 Å². The second kappa shape index (κ2) is 24.9. The van der Waals surface area contributed by atoms with E-state index < -0.39 is 40.9 Å². The SMILES string of the molecule is c1ccc(-c2cccc(-c3ccccc3)c2N2c3cc4c(cc3B3c5ccccc5N(c5cccc6[te]c7ccccc7c56)c5cc(N(c6ccccc6)c6cccc7[te]c8ccccc8c67)cc2c53)B2c3ccccc3N(c3ccccc3)c3cc(N(c5ccccc5)c5ccccc5)cc(c32)O4)cc1. The molecule has 0 bridgehead atoms. The van der Waals surface area contributed by atoms with Crippen LogP contribution < -0.4 is 62.0 Å². The predicted molar refractivity (Wildman–Crippen MR) is 450 cm³/mol. The minimum absolute atomic E-state index is 0.231. The molecule has 0 aliphatic carbocycles. The van der Waals surface area contributed by atoms with Crippen LogP contribution in [0.4, 0.5) is 85.3 Å². The summed E-state index contributed by atoms with van der Waals surface area (Å²) in [7, 11) is 0. The van der Waals surface area contributed by atoms with Crippen molar-refractivity contribution in [3.05, 3.63) is 370 Å². The second-order valence-corrected chi connectivity index (χ2v) is 33.9. The smallest absolute Gasteiger partial charge is 0.311 e. The van der Waals surface area contributed by atoms with Crippen molar-refractivity contribution in [1.29, 1.82) is 0 Å². The van der Waals surface area contributed by atoms with Gasteiger partial charge >= 0.3 is 427 Å². The number of ether oxygens (including phenoxy) is 1. The topological polar surface area (TPSA) is 25.4 Å². The fourth-order valence-electron chi connectivity index (χ4n) is 17.7. The molecular weight excluding hydrogens is 1520 g/mol. The fraction of sp³-hybridized carbons (Fsp3) is 0. The van der Waals surface area contributed by atoms with Crippen molar-refractivity contribution in [2.24, 2.45) is 0 Å². The molecule has 0 saturated carbocycles. The Morgan fingerprint density at radius 2 is 0.708 bits per heavy atom. The van der Waals surface area contributed by atoms with E-state index in [2.05, 4.69) is 395 Å². The first-order valence-corrected chi connectivity index (χ1v) is 40.9. The van der Waals surface area contributed by atoms with Crippen molar-refractivity contribution in [2.75, 3.05) is 24.5 Å². The third-order valence-electron chi connectivity index (χ3n) is 22.0. The zero-order chi connectivity index (χ0) is 69.5. The molecule has 4 aliphatic heterocycles. The number of nitrogens with zero attached hydrogens (tertiary/aromatic N) is 5. The van der Waals surface area contributed by atoms with Gasteiger partial charge in [0.25, 0.3) is 0 Å². The van der Waals surface area contributed by atoms with Crippen molar-refractivity contribution in [3.63, 3.8) is 0 Å². The summed E-state index contributed by atoms with van der Waals surface area (Å²) in [5.74, 6) is 1.63. The third-order valence-corrected chi connectivity index (χ3v) is 28.5. The molecule has 2 aromatic heterocycles. The molecule has 0 spiro atoms. The van der Waals surface area contributed by atoms with Gasteiger partial charge in [0.1, 0.15) is 5.75 Å². The van der Waals surface area contributed by atoms with Crippen LogP contribution in [0.1, 0.15) is 0 Å². The Morgan fingerprint density at radius 1 is 0.264 bits per heavy atom. The molecule has 106 heavy (non-hydrogen) atoms. The molecule has 22 rings (SSSR count). The first-order chi connectivity index (χ1) is 52.6. The van der Waals surface area contributed by atoms with Gasteiger partial charge in [0.2, 0.25) is 0 Å². The summed E-state index contributed by atoms with van der Waals surface area (Å²) < 4.78 is 13.9. The van der Waals surface area contributed by atoms with Gasteiger partial charge in [-0.15, -0.1) is 0 Å². The van der Waals surface area contributed by atoms with Gasteiger partial charge in [0.05, 0.1) is 5.69 Å². The summed E-state index contributed by atoms with van der Waals surface area (Å²) in [6.45, 7) is -0.493. The van der Waals surface area contributed by atoms with Crippen LogP contribution in [0.2, 0.25) is 0 Å². The molecule has 0 unspecified atom stereocenters. The van der Waals surface area contributed by atoms with Gasteiger partial charge < -0.3 is 9.80 Å². The first-order valence-electron chi connectivity index (χ1n) is 36.3. The van der Waals surface area contributed by atoms with Crippen LogP contribution in [0, 0.1) is 0 Å². The Bertz CT molecular complexity index is 6460. The quantitative estimate of drug-likeness (QED) is 0.120. The minimum atomic E-state index is -0.698. The van der Waals surface area contributed by atoms with E-state index in [0.29, 0.717) is 0 Å². The molecule has 494 valence electrons. The standard InChI is InChI=1S/C96H61B2N5OTe2/c1-7-30-62(31-8-1)70-44-27-45-71(63-32-9-2-10-33-63)96(70)103-82-61-86-77(98-74-46-21-23-48-78(74)101(67-40-17-6-18-41-67)85-58-69(59-87(104-86)95(85)98)99(64-34-11-3-12-35-64)65-36-13-4-14-37-65)60-76(82)97-75-47-22-24-49-79(75)102(81-51-29-55-91-93(81)73-43-20-26-53-89(73)106-91)83-56-68(57-84(103)94(83)97)100(66-38-15-5-16-39-66)80-50-28-54-90-92(80)72-42-19-25-52-88(72)105-90/h1-61H. The van der Waals surface area contributed by atoms with Crippen molar-refractivity contribution >= 4 is 208 Å². The molecule has 4 aliphatic rings. The third kappa shape index (κ3) is 9.59. The molecule has 0 fully saturated rings. The van der Waals surface area contributed by atoms with E-state index >= 15 is 0 Å². The molecule has 0 amide bonds. The van der Waals surface area contributed by atoms with Crippen LogP contribution in [-0.2, 0) is 0 Å². The van der Waals surface area contributed by atoms with E-state index in [-0.39, 0.29) is 13.4 Å². The average Bonchev–Trinajstić information content (AvgIpc) is 0.697. The maximum atomic E-state index is 8.04. The van der Waals surface area contributed by atoms with E-state index in [1.54, 1.807) is 0 Å². The van der Waals surface area contributed by atoms with Gasteiger partial charge in [0.15, 0.2) is 0 Å². The van der Waals surface area contributed by atoms with Crippen LogP contribution >= 0.6 is 0 Å². The Labute approximate surface area is 635 Å². The van der Waals surface area contributed by atoms with Crippen molar-refractivity contribution in [2.45, 2.75) is 0 Å². The van der Waals surface area contributed by atoms with Gasteiger partial charge in [-0.1, -0.05) is 109 Å². The molecule has 6 heterocycles. The van der Waals surface area contributed by atoms with E-state index in [0.717, 1.165) is 113 Å². The molecule has 0 radical (unpaired) electrons. The van der Waals surface area contributed by atoms with Gasteiger partial charge in [-0.05, 0) is 48.5 Å². The van der Waals surface area contributed by atoms with Crippen LogP contribution in [0.5, 0.6) is 11.5 Å². The molecule has 0 atom stereocenters. The number of rotatable bonds is 11. The van der Waals surface area contributed by atoms with E-state index in [9.17, 15) is 0 Å². The van der Waals surface area contributed by atoms with Gasteiger partial charge in [-0.3, -0.25) is 0 Å². The maximum absolute atomic E-state index is 8.04. The normalized spacial score (nSPS) is 12.9. The van der Waals surface area contributed by atoms with Gasteiger partial charge in [-0.2, -0.15) is 0 Å². The number of para-hydroxylation sites is 7. The average molecular weight is 1580 g/mol. The van der Waals surface area contributed by atoms with E-state index in [4.69, 9.17) is 4.74 Å². The zero-order valence-electron chi connectivity index (χ0n) is 57.3. The molecule has 16 aromatic carbocycles. The van der Waals surface area contributed by atoms with Crippen molar-refractivity contribution < 1.29 is 4.74 Å². The number of hydrogen-bond acceptors (Lipinski definition) is 6. The van der Waals surface area contributed by atoms with Crippen LogP contribution in [0.25, 0.3) is 57.4 Å².